The molecule has 1 amide bonds. The Kier molecular flexibility index (Phi) is 4.35. The number of hydrogen-bond acceptors (Lipinski definition) is 4. The van der Waals surface area contributed by atoms with E-state index in [0.717, 1.165) is 45.9 Å². The van der Waals surface area contributed by atoms with E-state index in [9.17, 15) is 4.79 Å². The molecule has 3 fully saturated rings. The molecule has 0 spiro atoms. The molecule has 19 heavy (non-hydrogen) atoms. The van der Waals surface area contributed by atoms with Gasteiger partial charge in [-0.15, -0.1) is 0 Å². The van der Waals surface area contributed by atoms with Gasteiger partial charge < -0.3 is 15.0 Å². The molecule has 0 radical (unpaired) electrons. The van der Waals surface area contributed by atoms with Gasteiger partial charge in [-0.1, -0.05) is 0 Å². The number of ether oxygens (including phenoxy) is 1. The fourth-order valence-electron chi connectivity index (χ4n) is 3.59. The lowest BCUT2D eigenvalue weighted by Gasteiger charge is -2.38. The summed E-state index contributed by atoms with van der Waals surface area (Å²) in [6.07, 6.45) is 4.82. The van der Waals surface area contributed by atoms with Crippen LogP contribution >= 0.6 is 0 Å². The van der Waals surface area contributed by atoms with Crippen LogP contribution in [0.15, 0.2) is 0 Å². The molecule has 0 aromatic carbocycles. The highest BCUT2D eigenvalue weighted by Crippen LogP contribution is 2.29. The number of hydrogen-bond donors (Lipinski definition) is 1. The van der Waals surface area contributed by atoms with Crippen molar-refractivity contribution in [2.45, 2.75) is 37.8 Å². The predicted octanol–water partition coefficient (Wildman–Crippen LogP) is 0.0616. The van der Waals surface area contributed by atoms with Crippen LogP contribution < -0.4 is 5.32 Å². The minimum absolute atomic E-state index is 0.322. The van der Waals surface area contributed by atoms with Crippen molar-refractivity contribution in [3.05, 3.63) is 0 Å². The third-order valence-electron chi connectivity index (χ3n) is 4.68. The number of fused-ring (bicyclic) bond motifs is 1. The van der Waals surface area contributed by atoms with Crippen LogP contribution in [0, 0.1) is 0 Å². The topological polar surface area (TPSA) is 44.8 Å². The van der Waals surface area contributed by atoms with Gasteiger partial charge in [-0.25, -0.2) is 0 Å². The summed E-state index contributed by atoms with van der Waals surface area (Å²) < 4.78 is 5.81. The zero-order valence-electron chi connectivity index (χ0n) is 11.6. The average molecular weight is 267 g/mol. The number of morpholine rings is 1. The van der Waals surface area contributed by atoms with Crippen LogP contribution in [0.1, 0.15) is 25.7 Å². The number of carbonyl (C=O) groups excluding carboxylic acids is 1. The minimum atomic E-state index is 0.322. The molecule has 3 rings (SSSR count). The highest BCUT2D eigenvalue weighted by molar-refractivity contribution is 5.76. The standard InChI is InChI=1S/C14H25N3O2/c18-14(17-8-5-15-6-9-17)4-7-16-10-11-19-13-3-1-2-12(13)16/h12-13,15H,1-11H2. The van der Waals surface area contributed by atoms with Crippen LogP contribution in [0.2, 0.25) is 0 Å². The molecule has 0 bridgehead atoms. The molecule has 108 valence electrons. The van der Waals surface area contributed by atoms with Crippen LogP contribution in [0.25, 0.3) is 0 Å². The Morgan fingerprint density at radius 3 is 2.89 bits per heavy atom. The summed E-state index contributed by atoms with van der Waals surface area (Å²) in [5.74, 6) is 0.322. The van der Waals surface area contributed by atoms with Crippen molar-refractivity contribution >= 4 is 5.91 Å². The van der Waals surface area contributed by atoms with E-state index in [1.807, 2.05) is 4.90 Å². The van der Waals surface area contributed by atoms with E-state index in [-0.39, 0.29) is 0 Å². The molecule has 0 aromatic rings. The molecule has 2 atom stereocenters. The molecule has 2 saturated heterocycles. The monoisotopic (exact) mass is 267 g/mol. The molecule has 3 aliphatic rings. The predicted molar refractivity (Wildman–Crippen MR) is 73.0 cm³/mol. The lowest BCUT2D eigenvalue weighted by Crippen LogP contribution is -2.50. The number of piperazine rings is 1. The Bertz CT molecular complexity index is 318. The fourth-order valence-corrected chi connectivity index (χ4v) is 3.59. The van der Waals surface area contributed by atoms with Gasteiger partial charge >= 0.3 is 0 Å². The van der Waals surface area contributed by atoms with Crippen molar-refractivity contribution in [2.75, 3.05) is 45.9 Å². The zero-order valence-corrected chi connectivity index (χ0v) is 11.6. The van der Waals surface area contributed by atoms with E-state index >= 15 is 0 Å². The summed E-state index contributed by atoms with van der Waals surface area (Å²) in [5, 5.41) is 3.28. The Morgan fingerprint density at radius 2 is 2.05 bits per heavy atom. The number of nitrogens with zero attached hydrogens (tertiary/aromatic N) is 2. The van der Waals surface area contributed by atoms with E-state index in [2.05, 4.69) is 10.2 Å². The lowest BCUT2D eigenvalue weighted by atomic mass is 10.1. The zero-order chi connectivity index (χ0) is 13.1. The summed E-state index contributed by atoms with van der Waals surface area (Å²) in [6, 6.07) is 0.574. The minimum Gasteiger partial charge on any atom is -0.375 e. The third kappa shape index (κ3) is 3.09. The molecule has 5 nitrogen and oxygen atoms in total. The normalized spacial score (nSPS) is 32.3. The van der Waals surface area contributed by atoms with Gasteiger partial charge in [0.1, 0.15) is 0 Å². The summed E-state index contributed by atoms with van der Waals surface area (Å²) in [7, 11) is 0. The summed E-state index contributed by atoms with van der Waals surface area (Å²) >= 11 is 0. The van der Waals surface area contributed by atoms with Gasteiger partial charge in [-0.3, -0.25) is 9.69 Å². The molecule has 0 aromatic heterocycles. The summed E-state index contributed by atoms with van der Waals surface area (Å²) in [6.45, 7) is 6.36. The largest absolute Gasteiger partial charge is 0.375 e. The second-order valence-corrected chi connectivity index (χ2v) is 5.82. The number of rotatable bonds is 3. The summed E-state index contributed by atoms with van der Waals surface area (Å²) in [4.78, 5) is 16.7. The molecule has 1 saturated carbocycles. The van der Waals surface area contributed by atoms with E-state index < -0.39 is 0 Å². The van der Waals surface area contributed by atoms with Gasteiger partial charge in [0.25, 0.3) is 0 Å². The van der Waals surface area contributed by atoms with Gasteiger partial charge in [0.2, 0.25) is 5.91 Å². The quantitative estimate of drug-likeness (QED) is 0.785. The van der Waals surface area contributed by atoms with Crippen molar-refractivity contribution in [1.29, 1.82) is 0 Å². The number of amides is 1. The Balaban J connectivity index is 1.47. The molecule has 1 N–H and O–H groups in total. The van der Waals surface area contributed by atoms with E-state index in [1.54, 1.807) is 0 Å². The molecular formula is C14H25N3O2. The van der Waals surface area contributed by atoms with Crippen LogP contribution in [-0.2, 0) is 9.53 Å². The Morgan fingerprint density at radius 1 is 1.21 bits per heavy atom. The average Bonchev–Trinajstić information content (AvgIpc) is 2.94. The van der Waals surface area contributed by atoms with Crippen LogP contribution in [0.3, 0.4) is 0 Å². The van der Waals surface area contributed by atoms with Crippen molar-refractivity contribution in [3.8, 4) is 0 Å². The molecule has 2 heterocycles. The van der Waals surface area contributed by atoms with Crippen molar-refractivity contribution in [2.24, 2.45) is 0 Å². The van der Waals surface area contributed by atoms with E-state index in [1.165, 1.54) is 19.3 Å². The molecule has 5 heteroatoms. The maximum Gasteiger partial charge on any atom is 0.223 e. The highest BCUT2D eigenvalue weighted by Gasteiger charge is 2.35. The Labute approximate surface area is 115 Å². The molecular weight excluding hydrogens is 242 g/mol. The maximum atomic E-state index is 12.2. The fraction of sp³-hybridized carbons (Fsp3) is 0.929. The second-order valence-electron chi connectivity index (χ2n) is 5.82. The van der Waals surface area contributed by atoms with Crippen molar-refractivity contribution in [1.82, 2.24) is 15.1 Å². The van der Waals surface area contributed by atoms with Gasteiger partial charge in [0.15, 0.2) is 0 Å². The van der Waals surface area contributed by atoms with Gasteiger partial charge in [-0.05, 0) is 19.3 Å². The first-order valence-electron chi connectivity index (χ1n) is 7.69. The Hall–Kier alpha value is -0.650. The third-order valence-corrected chi connectivity index (χ3v) is 4.68. The lowest BCUT2D eigenvalue weighted by molar-refractivity contribution is -0.133. The van der Waals surface area contributed by atoms with Gasteiger partial charge in [0.05, 0.1) is 12.7 Å². The van der Waals surface area contributed by atoms with Gasteiger partial charge in [-0.2, -0.15) is 0 Å². The molecule has 1 aliphatic carbocycles. The first-order valence-corrected chi connectivity index (χ1v) is 7.69. The SMILES string of the molecule is O=C(CCN1CCOC2CCCC21)N1CCNCC1. The first kappa shape index (κ1) is 13.3. The number of carbonyl (C=O) groups is 1. The maximum absolute atomic E-state index is 12.2. The van der Waals surface area contributed by atoms with Crippen LogP contribution in [-0.4, -0.2) is 73.7 Å². The molecule has 2 aliphatic heterocycles. The van der Waals surface area contributed by atoms with Crippen LogP contribution in [0.5, 0.6) is 0 Å². The van der Waals surface area contributed by atoms with Crippen LogP contribution in [0.4, 0.5) is 0 Å². The summed E-state index contributed by atoms with van der Waals surface area (Å²) in [5.41, 5.74) is 0. The number of nitrogens with one attached hydrogen (secondary N) is 1. The van der Waals surface area contributed by atoms with Gasteiger partial charge in [0, 0.05) is 51.7 Å². The van der Waals surface area contributed by atoms with Crippen molar-refractivity contribution in [3.63, 3.8) is 0 Å². The molecule has 2 unspecified atom stereocenters. The van der Waals surface area contributed by atoms with E-state index in [0.29, 0.717) is 24.5 Å². The van der Waals surface area contributed by atoms with Crippen molar-refractivity contribution < 1.29 is 9.53 Å². The second kappa shape index (κ2) is 6.20. The first-order chi connectivity index (χ1) is 9.34. The smallest absolute Gasteiger partial charge is 0.223 e. The highest BCUT2D eigenvalue weighted by atomic mass is 16.5. The van der Waals surface area contributed by atoms with E-state index in [4.69, 9.17) is 4.74 Å².